The van der Waals surface area contributed by atoms with Crippen LogP contribution in [0.25, 0.3) is 0 Å². The molecule has 0 aliphatic carbocycles. The molecule has 1 aromatic carbocycles. The Morgan fingerprint density at radius 3 is 2.71 bits per heavy atom. The molecule has 1 unspecified atom stereocenters. The van der Waals surface area contributed by atoms with E-state index in [9.17, 15) is 19.2 Å². The molecule has 0 bridgehead atoms. The Kier molecular flexibility index (Phi) is 4.87. The maximum atomic E-state index is 12.9. The molecule has 3 rings (SSSR count). The minimum atomic E-state index is -1.36. The number of hydrogen-bond donors (Lipinski definition) is 3. The second-order valence-corrected chi connectivity index (χ2v) is 6.58. The van der Waals surface area contributed by atoms with E-state index in [-0.39, 0.29) is 24.3 Å². The minimum absolute atomic E-state index is 0.109. The number of rotatable bonds is 6. The van der Waals surface area contributed by atoms with Crippen LogP contribution < -0.4 is 16.4 Å². The number of benzene rings is 1. The lowest BCUT2D eigenvalue weighted by Crippen LogP contribution is -2.41. The normalized spacial score (nSPS) is 18.9. The molecule has 2 heterocycles. The lowest BCUT2D eigenvalue weighted by atomic mass is 9.90. The van der Waals surface area contributed by atoms with Crippen molar-refractivity contribution in [3.8, 4) is 0 Å². The van der Waals surface area contributed by atoms with Crippen LogP contribution in [0.2, 0.25) is 0 Å². The molecule has 1 aliphatic heterocycles. The third-order valence-corrected chi connectivity index (χ3v) is 4.46. The first kappa shape index (κ1) is 19.1. The number of carbonyl (C=O) groups is 4. The highest BCUT2D eigenvalue weighted by Crippen LogP contribution is 2.29. The number of anilines is 1. The van der Waals surface area contributed by atoms with Crippen molar-refractivity contribution in [2.75, 3.05) is 11.9 Å². The maximum Gasteiger partial charge on any atom is 0.325 e. The summed E-state index contributed by atoms with van der Waals surface area (Å²) in [6, 6.07) is 7.11. The number of nitrogens with two attached hydrogens (primary N) is 1. The lowest BCUT2D eigenvalue weighted by molar-refractivity contribution is -0.131. The van der Waals surface area contributed by atoms with Crippen LogP contribution in [-0.2, 0) is 15.1 Å². The van der Waals surface area contributed by atoms with Crippen LogP contribution in [0, 0.1) is 6.92 Å². The highest BCUT2D eigenvalue weighted by atomic mass is 16.5. The van der Waals surface area contributed by atoms with E-state index in [1.807, 2.05) is 0 Å². The van der Waals surface area contributed by atoms with Crippen molar-refractivity contribution in [1.82, 2.24) is 15.4 Å². The van der Waals surface area contributed by atoms with Gasteiger partial charge in [0.1, 0.15) is 11.3 Å². The lowest BCUT2D eigenvalue weighted by Gasteiger charge is -2.22. The average Bonchev–Trinajstić information content (AvgIpc) is 3.15. The van der Waals surface area contributed by atoms with Crippen LogP contribution >= 0.6 is 0 Å². The zero-order chi connectivity index (χ0) is 20.5. The molecule has 10 heteroatoms. The van der Waals surface area contributed by atoms with Crippen molar-refractivity contribution >= 4 is 29.6 Å². The predicted octanol–water partition coefficient (Wildman–Crippen LogP) is 0.878. The third kappa shape index (κ3) is 3.56. The van der Waals surface area contributed by atoms with Crippen molar-refractivity contribution in [3.05, 3.63) is 47.2 Å². The van der Waals surface area contributed by atoms with Gasteiger partial charge in [0.25, 0.3) is 5.91 Å². The fourth-order valence-electron chi connectivity index (χ4n) is 2.92. The molecule has 4 N–H and O–H groups in total. The number of hydrogen-bond acceptors (Lipinski definition) is 6. The van der Waals surface area contributed by atoms with E-state index in [1.54, 1.807) is 25.1 Å². The van der Waals surface area contributed by atoms with Gasteiger partial charge >= 0.3 is 6.03 Å². The van der Waals surface area contributed by atoms with Crippen LogP contribution in [-0.4, -0.2) is 40.4 Å². The van der Waals surface area contributed by atoms with Gasteiger partial charge in [0.05, 0.1) is 0 Å². The molecule has 10 nitrogen and oxygen atoms in total. The Bertz CT molecular complexity index is 969. The largest absolute Gasteiger partial charge is 0.366 e. The van der Waals surface area contributed by atoms with E-state index >= 15 is 0 Å². The van der Waals surface area contributed by atoms with Crippen molar-refractivity contribution in [2.45, 2.75) is 25.8 Å². The number of aryl methyl sites for hydroxylation is 1. The van der Waals surface area contributed by atoms with Crippen molar-refractivity contribution < 1.29 is 23.7 Å². The Labute approximate surface area is 160 Å². The molecule has 28 heavy (non-hydrogen) atoms. The van der Waals surface area contributed by atoms with E-state index in [4.69, 9.17) is 10.3 Å². The topological polar surface area (TPSA) is 148 Å². The van der Waals surface area contributed by atoms with Crippen LogP contribution in [0.3, 0.4) is 0 Å². The van der Waals surface area contributed by atoms with Crippen molar-refractivity contribution in [2.24, 2.45) is 5.73 Å². The number of nitrogens with zero attached hydrogens (tertiary/aromatic N) is 2. The average molecular weight is 385 g/mol. The van der Waals surface area contributed by atoms with Gasteiger partial charge in [-0.05, 0) is 31.5 Å². The Morgan fingerprint density at radius 1 is 1.32 bits per heavy atom. The van der Waals surface area contributed by atoms with Gasteiger partial charge in [-0.2, -0.15) is 0 Å². The second-order valence-electron chi connectivity index (χ2n) is 6.58. The molecule has 1 aromatic heterocycles. The van der Waals surface area contributed by atoms with E-state index in [0.717, 1.165) is 4.90 Å². The molecule has 1 saturated heterocycles. The van der Waals surface area contributed by atoms with Gasteiger partial charge in [0.15, 0.2) is 5.82 Å². The summed E-state index contributed by atoms with van der Waals surface area (Å²) in [5.74, 6) is -0.785. The smallest absolute Gasteiger partial charge is 0.325 e. The van der Waals surface area contributed by atoms with Crippen molar-refractivity contribution in [3.63, 3.8) is 0 Å². The summed E-state index contributed by atoms with van der Waals surface area (Å²) in [6.07, 6.45) is -0.109. The standard InChI is InChI=1S/C18H19N5O5/c1-10-8-13(22-28-10)20-14(24)6-7-23-16(26)18(2,21-17(23)27)12-5-3-4-11(9-12)15(19)25/h3-5,8-9H,6-7H2,1-2H3,(H2,19,25)(H,21,27)(H,20,22,24). The summed E-state index contributed by atoms with van der Waals surface area (Å²) in [5.41, 5.74) is 4.57. The summed E-state index contributed by atoms with van der Waals surface area (Å²) < 4.78 is 4.85. The van der Waals surface area contributed by atoms with Gasteiger partial charge in [-0.3, -0.25) is 19.3 Å². The highest BCUT2D eigenvalue weighted by Gasteiger charge is 2.48. The van der Waals surface area contributed by atoms with Crippen LogP contribution in [0.5, 0.6) is 0 Å². The number of urea groups is 1. The van der Waals surface area contributed by atoms with Crippen LogP contribution in [0.1, 0.15) is 35.0 Å². The second kappa shape index (κ2) is 7.14. The van der Waals surface area contributed by atoms with Crippen molar-refractivity contribution in [1.29, 1.82) is 0 Å². The first-order chi connectivity index (χ1) is 13.2. The number of amides is 5. The SMILES string of the molecule is Cc1cc(NC(=O)CCN2C(=O)NC(C)(c3cccc(C(N)=O)c3)C2=O)no1. The Morgan fingerprint density at radius 2 is 2.07 bits per heavy atom. The van der Waals surface area contributed by atoms with E-state index in [2.05, 4.69) is 15.8 Å². The van der Waals surface area contributed by atoms with Crippen LogP contribution in [0.15, 0.2) is 34.9 Å². The summed E-state index contributed by atoms with van der Waals surface area (Å²) in [7, 11) is 0. The first-order valence-electron chi connectivity index (χ1n) is 8.48. The molecule has 5 amide bonds. The molecule has 146 valence electrons. The Hall–Kier alpha value is -3.69. The number of imide groups is 1. The van der Waals surface area contributed by atoms with Gasteiger partial charge in [-0.1, -0.05) is 17.3 Å². The van der Waals surface area contributed by atoms with Gasteiger partial charge < -0.3 is 20.9 Å². The van der Waals surface area contributed by atoms with Gasteiger partial charge in [0, 0.05) is 24.6 Å². The molecule has 1 fully saturated rings. The predicted molar refractivity (Wildman–Crippen MR) is 97.0 cm³/mol. The molecule has 1 aliphatic rings. The van der Waals surface area contributed by atoms with Gasteiger partial charge in [-0.25, -0.2) is 4.79 Å². The molecular weight excluding hydrogens is 366 g/mol. The number of primary amides is 1. The number of nitrogens with one attached hydrogen (secondary N) is 2. The maximum absolute atomic E-state index is 12.9. The summed E-state index contributed by atoms with van der Waals surface area (Å²) in [6.45, 7) is 3.11. The van der Waals surface area contributed by atoms with Gasteiger partial charge in [0.2, 0.25) is 11.8 Å². The van der Waals surface area contributed by atoms with E-state index in [0.29, 0.717) is 11.3 Å². The Balaban J connectivity index is 1.70. The zero-order valence-corrected chi connectivity index (χ0v) is 15.3. The quantitative estimate of drug-likeness (QED) is 0.629. The number of aromatic nitrogens is 1. The van der Waals surface area contributed by atoms with Gasteiger partial charge in [-0.15, -0.1) is 0 Å². The monoisotopic (exact) mass is 385 g/mol. The summed E-state index contributed by atoms with van der Waals surface area (Å²) >= 11 is 0. The van der Waals surface area contributed by atoms with E-state index < -0.39 is 29.3 Å². The minimum Gasteiger partial charge on any atom is -0.366 e. The fourth-order valence-corrected chi connectivity index (χ4v) is 2.92. The van der Waals surface area contributed by atoms with E-state index in [1.165, 1.54) is 19.1 Å². The third-order valence-electron chi connectivity index (χ3n) is 4.46. The summed E-state index contributed by atoms with van der Waals surface area (Å²) in [5, 5.41) is 8.79. The molecular formula is C18H19N5O5. The summed E-state index contributed by atoms with van der Waals surface area (Å²) in [4.78, 5) is 49.6. The molecule has 1 atom stereocenters. The zero-order valence-electron chi connectivity index (χ0n) is 15.3. The first-order valence-corrected chi connectivity index (χ1v) is 8.48. The molecule has 0 radical (unpaired) electrons. The van der Waals surface area contributed by atoms with Crippen LogP contribution in [0.4, 0.5) is 10.6 Å². The molecule has 2 aromatic rings. The number of carbonyl (C=O) groups excluding carboxylic acids is 4. The molecule has 0 saturated carbocycles. The highest BCUT2D eigenvalue weighted by molar-refractivity contribution is 6.07. The fraction of sp³-hybridized carbons (Fsp3) is 0.278. The molecule has 0 spiro atoms.